The van der Waals surface area contributed by atoms with Crippen molar-refractivity contribution < 1.29 is 0 Å². The third kappa shape index (κ3) is 2.95. The third-order valence-electron chi connectivity index (χ3n) is 3.39. The van der Waals surface area contributed by atoms with Gasteiger partial charge in [-0.1, -0.05) is 30.3 Å². The van der Waals surface area contributed by atoms with Gasteiger partial charge in [-0.3, -0.25) is 9.78 Å². The third-order valence-corrected chi connectivity index (χ3v) is 3.39. The van der Waals surface area contributed by atoms with Crippen LogP contribution in [0.5, 0.6) is 0 Å². The smallest absolute Gasteiger partial charge is 0.262 e. The highest BCUT2D eigenvalue weighted by Crippen LogP contribution is 2.12. The quantitative estimate of drug-likeness (QED) is 0.528. The number of benzene rings is 1. The van der Waals surface area contributed by atoms with Crippen LogP contribution in [0.4, 0.5) is 5.95 Å². The molecule has 0 fully saturated rings. The maximum absolute atomic E-state index is 11.9. The average Bonchev–Trinajstić information content (AvgIpc) is 2.88. The van der Waals surface area contributed by atoms with Crippen LogP contribution in [0.1, 0.15) is 11.1 Å². The number of aromatic nitrogens is 3. The summed E-state index contributed by atoms with van der Waals surface area (Å²) in [5.41, 5.74) is 8.02. The molecule has 0 unspecified atom stereocenters. The maximum atomic E-state index is 11.9. The SMILES string of the molecule is Nc1nc2[nH]cc(CNCCc3ccccc3)c2c(=O)[nH]1. The minimum absolute atomic E-state index is 0.123. The number of hydrogen-bond acceptors (Lipinski definition) is 4. The first kappa shape index (κ1) is 13.4. The van der Waals surface area contributed by atoms with Crippen LogP contribution >= 0.6 is 0 Å². The molecule has 0 saturated heterocycles. The minimum atomic E-state index is -0.210. The Hall–Kier alpha value is -2.60. The highest BCUT2D eigenvalue weighted by Gasteiger charge is 2.09. The van der Waals surface area contributed by atoms with Crippen LogP contribution in [-0.2, 0) is 13.0 Å². The van der Waals surface area contributed by atoms with Gasteiger partial charge in [-0.25, -0.2) is 0 Å². The predicted molar refractivity (Wildman–Crippen MR) is 83.0 cm³/mol. The zero-order chi connectivity index (χ0) is 14.7. The molecule has 1 aromatic carbocycles. The molecule has 0 saturated carbocycles. The second-order valence-electron chi connectivity index (χ2n) is 4.90. The zero-order valence-electron chi connectivity index (χ0n) is 11.5. The molecule has 3 rings (SSSR count). The molecule has 2 heterocycles. The summed E-state index contributed by atoms with van der Waals surface area (Å²) in [6, 6.07) is 10.3. The lowest BCUT2D eigenvalue weighted by Gasteiger charge is -2.04. The van der Waals surface area contributed by atoms with Crippen LogP contribution < -0.4 is 16.6 Å². The highest BCUT2D eigenvalue weighted by molar-refractivity contribution is 5.79. The van der Waals surface area contributed by atoms with Crippen molar-refractivity contribution in [1.29, 1.82) is 0 Å². The Morgan fingerprint density at radius 2 is 2.05 bits per heavy atom. The van der Waals surface area contributed by atoms with E-state index < -0.39 is 0 Å². The van der Waals surface area contributed by atoms with Crippen molar-refractivity contribution in [2.75, 3.05) is 12.3 Å². The monoisotopic (exact) mass is 283 g/mol. The standard InChI is InChI=1S/C15H17N5O/c16-15-19-13-12(14(21)20-15)11(9-18-13)8-17-7-6-10-4-2-1-3-5-10/h1-5,9,17H,6-8H2,(H4,16,18,19,20,21). The van der Waals surface area contributed by atoms with Crippen LogP contribution in [0.25, 0.3) is 11.0 Å². The number of H-pyrrole nitrogens is 2. The summed E-state index contributed by atoms with van der Waals surface area (Å²) in [6.07, 6.45) is 2.74. The van der Waals surface area contributed by atoms with Gasteiger partial charge in [0.05, 0.1) is 5.39 Å². The summed E-state index contributed by atoms with van der Waals surface area (Å²) in [7, 11) is 0. The zero-order valence-corrected chi connectivity index (χ0v) is 11.5. The molecule has 0 spiro atoms. The lowest BCUT2D eigenvalue weighted by molar-refractivity contribution is 0.689. The number of fused-ring (bicyclic) bond motifs is 1. The van der Waals surface area contributed by atoms with E-state index in [9.17, 15) is 4.79 Å². The van der Waals surface area contributed by atoms with Gasteiger partial charge in [0.2, 0.25) is 5.95 Å². The Morgan fingerprint density at radius 3 is 2.86 bits per heavy atom. The fourth-order valence-corrected chi connectivity index (χ4v) is 2.36. The number of anilines is 1. The van der Waals surface area contributed by atoms with E-state index in [4.69, 9.17) is 5.73 Å². The number of hydrogen-bond donors (Lipinski definition) is 4. The topological polar surface area (TPSA) is 99.6 Å². The van der Waals surface area contributed by atoms with Gasteiger partial charge in [0, 0.05) is 12.7 Å². The summed E-state index contributed by atoms with van der Waals surface area (Å²) in [5, 5.41) is 3.90. The van der Waals surface area contributed by atoms with Gasteiger partial charge in [-0.15, -0.1) is 0 Å². The lowest BCUT2D eigenvalue weighted by atomic mass is 10.1. The minimum Gasteiger partial charge on any atom is -0.369 e. The van der Waals surface area contributed by atoms with Crippen LogP contribution in [0, 0.1) is 0 Å². The van der Waals surface area contributed by atoms with E-state index in [1.807, 2.05) is 18.2 Å². The Labute approximate surface area is 121 Å². The highest BCUT2D eigenvalue weighted by atomic mass is 16.1. The normalized spacial score (nSPS) is 11.0. The maximum Gasteiger partial charge on any atom is 0.262 e. The summed E-state index contributed by atoms with van der Waals surface area (Å²) < 4.78 is 0. The van der Waals surface area contributed by atoms with Crippen molar-refractivity contribution in [1.82, 2.24) is 20.3 Å². The van der Waals surface area contributed by atoms with Gasteiger partial charge in [-0.2, -0.15) is 4.98 Å². The number of nitrogens with one attached hydrogen (secondary N) is 3. The first-order valence-corrected chi connectivity index (χ1v) is 6.84. The summed E-state index contributed by atoms with van der Waals surface area (Å²) in [5.74, 6) is 0.123. The lowest BCUT2D eigenvalue weighted by Crippen LogP contribution is -2.18. The van der Waals surface area contributed by atoms with E-state index in [0.717, 1.165) is 18.5 Å². The van der Waals surface area contributed by atoms with E-state index in [1.165, 1.54) is 5.56 Å². The second-order valence-corrected chi connectivity index (χ2v) is 4.90. The summed E-state index contributed by atoms with van der Waals surface area (Å²) in [6.45, 7) is 1.46. The van der Waals surface area contributed by atoms with E-state index in [0.29, 0.717) is 17.6 Å². The van der Waals surface area contributed by atoms with Gasteiger partial charge in [-0.05, 0) is 24.1 Å². The number of rotatable bonds is 5. The molecule has 6 nitrogen and oxygen atoms in total. The van der Waals surface area contributed by atoms with Crippen molar-refractivity contribution in [3.8, 4) is 0 Å². The Balaban J connectivity index is 1.65. The molecule has 0 amide bonds. The Kier molecular flexibility index (Phi) is 3.70. The molecule has 3 aromatic rings. The number of nitrogens with zero attached hydrogens (tertiary/aromatic N) is 1. The Bertz CT molecular complexity index is 791. The van der Waals surface area contributed by atoms with E-state index >= 15 is 0 Å². The second kappa shape index (κ2) is 5.80. The summed E-state index contributed by atoms with van der Waals surface area (Å²) >= 11 is 0. The summed E-state index contributed by atoms with van der Waals surface area (Å²) in [4.78, 5) is 21.5. The molecule has 0 bridgehead atoms. The van der Waals surface area contributed by atoms with Gasteiger partial charge in [0.15, 0.2) is 0 Å². The first-order valence-electron chi connectivity index (χ1n) is 6.84. The molecular formula is C15H17N5O. The predicted octanol–water partition coefficient (Wildman–Crippen LogP) is 1.17. The van der Waals surface area contributed by atoms with Crippen LogP contribution in [-0.4, -0.2) is 21.5 Å². The van der Waals surface area contributed by atoms with E-state index in [1.54, 1.807) is 6.20 Å². The largest absolute Gasteiger partial charge is 0.369 e. The van der Waals surface area contributed by atoms with Gasteiger partial charge >= 0.3 is 0 Å². The molecule has 0 aliphatic rings. The fourth-order valence-electron chi connectivity index (χ4n) is 2.36. The number of aromatic amines is 2. The number of nitrogens with two attached hydrogens (primary N) is 1. The van der Waals surface area contributed by atoms with Crippen LogP contribution in [0.2, 0.25) is 0 Å². The van der Waals surface area contributed by atoms with Crippen molar-refractivity contribution in [2.24, 2.45) is 0 Å². The van der Waals surface area contributed by atoms with Crippen molar-refractivity contribution in [3.05, 3.63) is 58.0 Å². The molecule has 0 radical (unpaired) electrons. The molecule has 5 N–H and O–H groups in total. The molecule has 108 valence electrons. The van der Waals surface area contributed by atoms with E-state index in [-0.39, 0.29) is 11.5 Å². The molecule has 0 aliphatic carbocycles. The average molecular weight is 283 g/mol. The van der Waals surface area contributed by atoms with Crippen LogP contribution in [0.3, 0.4) is 0 Å². The Morgan fingerprint density at radius 1 is 1.24 bits per heavy atom. The molecule has 0 aliphatic heterocycles. The van der Waals surface area contributed by atoms with Crippen LogP contribution in [0.15, 0.2) is 41.3 Å². The molecule has 21 heavy (non-hydrogen) atoms. The van der Waals surface area contributed by atoms with Crippen molar-refractivity contribution >= 4 is 17.0 Å². The first-order chi connectivity index (χ1) is 10.2. The van der Waals surface area contributed by atoms with E-state index in [2.05, 4.69) is 32.4 Å². The molecule has 2 aromatic heterocycles. The molecular weight excluding hydrogens is 266 g/mol. The molecule has 6 heteroatoms. The van der Waals surface area contributed by atoms with Gasteiger partial charge in [0.1, 0.15) is 5.65 Å². The number of nitrogen functional groups attached to an aromatic ring is 1. The van der Waals surface area contributed by atoms with Crippen molar-refractivity contribution in [2.45, 2.75) is 13.0 Å². The molecule has 0 atom stereocenters. The van der Waals surface area contributed by atoms with Crippen molar-refractivity contribution in [3.63, 3.8) is 0 Å². The fraction of sp³-hybridized carbons (Fsp3) is 0.200. The van der Waals surface area contributed by atoms with Gasteiger partial charge in [0.25, 0.3) is 5.56 Å². The van der Waals surface area contributed by atoms with Gasteiger partial charge < -0.3 is 16.0 Å².